The van der Waals surface area contributed by atoms with Gasteiger partial charge in [0.15, 0.2) is 5.65 Å². The first-order valence-corrected chi connectivity index (χ1v) is 15.1. The second kappa shape index (κ2) is 10.3. The molecule has 3 atom stereocenters. The Labute approximate surface area is 245 Å². The Morgan fingerprint density at radius 2 is 1.60 bits per heavy atom. The predicted molar refractivity (Wildman–Crippen MR) is 165 cm³/mol. The molecule has 0 spiro atoms. The SMILES string of the molecule is COc1ccnc(-c2ccc(-c3[nH]nc4ncc(-c5ccc6c(c5)CC[C@@H](N5C7COCC5C7)CC6)cc34)cc2)c1C. The number of H-pyrrole nitrogens is 1. The van der Waals surface area contributed by atoms with E-state index in [9.17, 15) is 0 Å². The van der Waals surface area contributed by atoms with Crippen LogP contribution in [0.4, 0.5) is 0 Å². The Morgan fingerprint density at radius 3 is 2.38 bits per heavy atom. The number of methoxy groups -OCH3 is 1. The zero-order valence-corrected chi connectivity index (χ0v) is 24.1. The van der Waals surface area contributed by atoms with Crippen LogP contribution in [0.25, 0.3) is 44.7 Å². The molecule has 212 valence electrons. The van der Waals surface area contributed by atoms with Crippen LogP contribution in [0.15, 0.2) is 67.0 Å². The Morgan fingerprint density at radius 1 is 0.833 bits per heavy atom. The fourth-order valence-electron chi connectivity index (χ4n) is 7.43. The van der Waals surface area contributed by atoms with Crippen LogP contribution >= 0.6 is 0 Å². The molecule has 0 saturated carbocycles. The van der Waals surface area contributed by atoms with Crippen molar-refractivity contribution in [2.45, 2.75) is 57.2 Å². The van der Waals surface area contributed by atoms with Crippen LogP contribution in [-0.4, -0.2) is 63.5 Å². The number of aromatic amines is 1. The fourth-order valence-corrected chi connectivity index (χ4v) is 7.43. The lowest BCUT2D eigenvalue weighted by molar-refractivity contribution is -0.148. The van der Waals surface area contributed by atoms with Gasteiger partial charge in [-0.2, -0.15) is 5.10 Å². The third-order valence-corrected chi connectivity index (χ3v) is 9.69. The molecule has 3 aliphatic rings. The molecule has 2 saturated heterocycles. The quantitative estimate of drug-likeness (QED) is 0.252. The summed E-state index contributed by atoms with van der Waals surface area (Å²) in [6.07, 6.45) is 9.83. The number of hydrogen-bond acceptors (Lipinski definition) is 6. The van der Waals surface area contributed by atoms with Gasteiger partial charge in [-0.1, -0.05) is 42.5 Å². The highest BCUT2D eigenvalue weighted by molar-refractivity contribution is 5.93. The van der Waals surface area contributed by atoms with Gasteiger partial charge in [0, 0.05) is 58.2 Å². The molecule has 5 aromatic rings. The standard InChI is InChI=1S/C35H35N5O2/c1-21-32(41-2)13-14-36-33(21)23-4-6-24(7-5-23)34-31-16-27(18-37-35(31)39-38-34)26-8-3-22-9-11-28(12-10-25(22)15-26)40-29-17-30(40)20-42-19-29/h3-8,13-16,18,28-30H,9-12,17,19-20H2,1-2H3,(H,37,38,39)/t28-,29?,30?/m0/s1. The first-order chi connectivity index (χ1) is 20.7. The zero-order valence-electron chi connectivity index (χ0n) is 24.1. The molecule has 7 nitrogen and oxygen atoms in total. The third-order valence-electron chi connectivity index (χ3n) is 9.69. The van der Waals surface area contributed by atoms with Crippen molar-refractivity contribution in [2.24, 2.45) is 0 Å². The summed E-state index contributed by atoms with van der Waals surface area (Å²) in [5.41, 5.74) is 11.1. The Bertz CT molecular complexity index is 1760. The zero-order chi connectivity index (χ0) is 28.2. The number of morpholine rings is 1. The molecule has 0 amide bonds. The monoisotopic (exact) mass is 557 g/mol. The van der Waals surface area contributed by atoms with Gasteiger partial charge in [0.05, 0.1) is 31.7 Å². The molecule has 2 unspecified atom stereocenters. The maximum absolute atomic E-state index is 5.75. The van der Waals surface area contributed by atoms with Crippen molar-refractivity contribution in [1.29, 1.82) is 0 Å². The molecule has 1 aliphatic carbocycles. The molecule has 0 radical (unpaired) electrons. The van der Waals surface area contributed by atoms with E-state index < -0.39 is 0 Å². The molecule has 5 heterocycles. The highest BCUT2D eigenvalue weighted by Gasteiger charge is 2.45. The molecule has 2 aliphatic heterocycles. The van der Waals surface area contributed by atoms with Crippen molar-refractivity contribution in [1.82, 2.24) is 25.1 Å². The number of pyridine rings is 2. The van der Waals surface area contributed by atoms with Crippen molar-refractivity contribution in [2.75, 3.05) is 20.3 Å². The van der Waals surface area contributed by atoms with Gasteiger partial charge in [-0.15, -0.1) is 0 Å². The van der Waals surface area contributed by atoms with Crippen molar-refractivity contribution in [3.05, 3.63) is 83.7 Å². The molecule has 2 fully saturated rings. The largest absolute Gasteiger partial charge is 0.496 e. The van der Waals surface area contributed by atoms with Crippen molar-refractivity contribution in [3.8, 4) is 39.4 Å². The summed E-state index contributed by atoms with van der Waals surface area (Å²) >= 11 is 0. The lowest BCUT2D eigenvalue weighted by Gasteiger charge is -2.56. The Kier molecular flexibility index (Phi) is 6.30. The van der Waals surface area contributed by atoms with Crippen molar-refractivity contribution in [3.63, 3.8) is 0 Å². The van der Waals surface area contributed by atoms with E-state index in [0.29, 0.717) is 18.1 Å². The summed E-state index contributed by atoms with van der Waals surface area (Å²) in [5.74, 6) is 0.841. The molecule has 7 heteroatoms. The third kappa shape index (κ3) is 4.30. The summed E-state index contributed by atoms with van der Waals surface area (Å²) in [7, 11) is 1.69. The van der Waals surface area contributed by atoms with Gasteiger partial charge in [-0.3, -0.25) is 15.0 Å². The van der Waals surface area contributed by atoms with Crippen LogP contribution in [0.3, 0.4) is 0 Å². The lowest BCUT2D eigenvalue weighted by Crippen LogP contribution is -2.66. The van der Waals surface area contributed by atoms with E-state index in [1.165, 1.54) is 36.0 Å². The van der Waals surface area contributed by atoms with Crippen molar-refractivity contribution >= 4 is 11.0 Å². The van der Waals surface area contributed by atoms with Crippen LogP contribution in [-0.2, 0) is 17.6 Å². The van der Waals surface area contributed by atoms with Gasteiger partial charge < -0.3 is 9.47 Å². The van der Waals surface area contributed by atoms with Gasteiger partial charge in [-0.05, 0) is 67.9 Å². The van der Waals surface area contributed by atoms with Crippen LogP contribution in [0.5, 0.6) is 5.75 Å². The number of aryl methyl sites for hydroxylation is 2. The Balaban J connectivity index is 1.06. The van der Waals surface area contributed by atoms with Crippen LogP contribution in [0, 0.1) is 6.92 Å². The topological polar surface area (TPSA) is 76.2 Å². The number of hydrogen-bond donors (Lipinski definition) is 1. The lowest BCUT2D eigenvalue weighted by atomic mass is 9.87. The summed E-state index contributed by atoms with van der Waals surface area (Å²) in [6.45, 7) is 3.87. The normalized spacial score (nSPS) is 21.9. The summed E-state index contributed by atoms with van der Waals surface area (Å²) < 4.78 is 11.2. The number of aromatic nitrogens is 4. The average Bonchev–Trinajstić information content (AvgIpc) is 3.35. The fraction of sp³-hybridized carbons (Fsp3) is 0.343. The molecule has 2 aromatic carbocycles. The molecule has 2 bridgehead atoms. The van der Waals surface area contributed by atoms with Gasteiger partial charge in [0.25, 0.3) is 0 Å². The molecule has 42 heavy (non-hydrogen) atoms. The number of nitrogens with one attached hydrogen (secondary N) is 1. The highest BCUT2D eigenvalue weighted by atomic mass is 16.5. The smallest absolute Gasteiger partial charge is 0.181 e. The van der Waals surface area contributed by atoms with E-state index in [2.05, 4.69) is 68.6 Å². The van der Waals surface area contributed by atoms with E-state index in [0.717, 1.165) is 76.5 Å². The maximum atomic E-state index is 5.75. The van der Waals surface area contributed by atoms with Gasteiger partial charge in [0.1, 0.15) is 5.75 Å². The summed E-state index contributed by atoms with van der Waals surface area (Å²) in [4.78, 5) is 12.1. The van der Waals surface area contributed by atoms with Gasteiger partial charge in [-0.25, -0.2) is 4.98 Å². The first kappa shape index (κ1) is 25.6. The van der Waals surface area contributed by atoms with E-state index in [1.807, 2.05) is 19.2 Å². The Hall–Kier alpha value is -4.07. The molecule has 1 N–H and O–H groups in total. The molecular weight excluding hydrogens is 522 g/mol. The number of rotatable bonds is 5. The van der Waals surface area contributed by atoms with Crippen LogP contribution in [0.2, 0.25) is 0 Å². The van der Waals surface area contributed by atoms with Gasteiger partial charge in [0.2, 0.25) is 0 Å². The minimum absolute atomic E-state index is 0.645. The first-order valence-electron chi connectivity index (χ1n) is 15.1. The van der Waals surface area contributed by atoms with Crippen LogP contribution in [0.1, 0.15) is 36.0 Å². The number of nitrogens with zero attached hydrogens (tertiary/aromatic N) is 4. The molecule has 3 aromatic heterocycles. The number of ether oxygens (including phenoxy) is 2. The van der Waals surface area contributed by atoms with E-state index in [-0.39, 0.29) is 0 Å². The minimum Gasteiger partial charge on any atom is -0.496 e. The van der Waals surface area contributed by atoms with Crippen molar-refractivity contribution < 1.29 is 9.47 Å². The number of fused-ring (bicyclic) bond motifs is 4. The number of benzene rings is 2. The predicted octanol–water partition coefficient (Wildman–Crippen LogP) is 6.39. The average molecular weight is 558 g/mol. The summed E-state index contributed by atoms with van der Waals surface area (Å²) in [5, 5.41) is 8.78. The molecule has 8 rings (SSSR count). The highest BCUT2D eigenvalue weighted by Crippen LogP contribution is 2.38. The second-order valence-corrected chi connectivity index (χ2v) is 12.0. The minimum atomic E-state index is 0.645. The molecular formula is C35H35N5O2. The summed E-state index contributed by atoms with van der Waals surface area (Å²) in [6, 6.07) is 21.6. The van der Waals surface area contributed by atoms with E-state index >= 15 is 0 Å². The van der Waals surface area contributed by atoms with Gasteiger partial charge >= 0.3 is 0 Å². The second-order valence-electron chi connectivity index (χ2n) is 12.0. The van der Waals surface area contributed by atoms with E-state index in [1.54, 1.807) is 13.3 Å². The maximum Gasteiger partial charge on any atom is 0.181 e. The van der Waals surface area contributed by atoms with Crippen LogP contribution < -0.4 is 4.74 Å². The van der Waals surface area contributed by atoms with E-state index in [4.69, 9.17) is 14.5 Å².